The molecule has 0 spiro atoms. The second kappa shape index (κ2) is 7.89. The third-order valence-electron chi connectivity index (χ3n) is 6.60. The van der Waals surface area contributed by atoms with Crippen LogP contribution in [0.4, 0.5) is 0 Å². The molecule has 0 saturated heterocycles. The third kappa shape index (κ3) is 3.22. The molecule has 2 aromatic carbocycles. The SMILES string of the molecule is COc1ccc([C@@H]2OCC(C)(C)n3c(-c4ccc(Cl)cc4)c4c(=O)n(C)c(=O)n(C)c4c32)cc1. The van der Waals surface area contributed by atoms with Crippen LogP contribution >= 0.6 is 11.6 Å². The number of nitrogens with zero attached hydrogens (tertiary/aromatic N) is 3. The highest BCUT2D eigenvalue weighted by Gasteiger charge is 2.40. The molecule has 0 amide bonds. The van der Waals surface area contributed by atoms with E-state index < -0.39 is 11.6 Å². The quantitative estimate of drug-likeness (QED) is 0.441. The predicted octanol–water partition coefficient (Wildman–Crippen LogP) is 4.22. The van der Waals surface area contributed by atoms with Gasteiger partial charge in [0, 0.05) is 19.1 Å². The Morgan fingerprint density at radius 1 is 1.00 bits per heavy atom. The topological polar surface area (TPSA) is 67.4 Å². The van der Waals surface area contributed by atoms with Crippen LogP contribution in [-0.4, -0.2) is 27.4 Å². The van der Waals surface area contributed by atoms with E-state index >= 15 is 0 Å². The molecule has 176 valence electrons. The average Bonchev–Trinajstić information content (AvgIpc) is 3.20. The van der Waals surface area contributed by atoms with Crippen LogP contribution < -0.4 is 16.0 Å². The van der Waals surface area contributed by atoms with Crippen molar-refractivity contribution in [1.29, 1.82) is 0 Å². The number of benzene rings is 2. The molecule has 1 atom stereocenters. The number of fused-ring (bicyclic) bond motifs is 3. The van der Waals surface area contributed by atoms with Gasteiger partial charge in [-0.05, 0) is 49.2 Å². The van der Waals surface area contributed by atoms with Crippen LogP contribution in [0.25, 0.3) is 22.2 Å². The summed E-state index contributed by atoms with van der Waals surface area (Å²) >= 11 is 6.17. The van der Waals surface area contributed by atoms with Gasteiger partial charge in [-0.25, -0.2) is 4.79 Å². The molecule has 34 heavy (non-hydrogen) atoms. The number of halogens is 1. The summed E-state index contributed by atoms with van der Waals surface area (Å²) in [4.78, 5) is 26.6. The Morgan fingerprint density at radius 3 is 2.26 bits per heavy atom. The summed E-state index contributed by atoms with van der Waals surface area (Å²) in [7, 11) is 4.83. The van der Waals surface area contributed by atoms with E-state index in [4.69, 9.17) is 21.1 Å². The van der Waals surface area contributed by atoms with Crippen molar-refractivity contribution in [2.75, 3.05) is 13.7 Å². The fourth-order valence-electron chi connectivity index (χ4n) is 4.91. The van der Waals surface area contributed by atoms with E-state index in [2.05, 4.69) is 18.4 Å². The summed E-state index contributed by atoms with van der Waals surface area (Å²) in [6.45, 7) is 4.57. The summed E-state index contributed by atoms with van der Waals surface area (Å²) in [5.74, 6) is 0.739. The van der Waals surface area contributed by atoms with Crippen molar-refractivity contribution < 1.29 is 9.47 Å². The van der Waals surface area contributed by atoms with Crippen LogP contribution in [-0.2, 0) is 24.4 Å². The number of aryl methyl sites for hydroxylation is 1. The summed E-state index contributed by atoms with van der Waals surface area (Å²) in [5, 5.41) is 1.09. The second-order valence-electron chi connectivity index (χ2n) is 9.28. The maximum atomic E-state index is 13.6. The normalized spacial score (nSPS) is 17.1. The van der Waals surface area contributed by atoms with Crippen molar-refractivity contribution in [3.05, 3.63) is 85.6 Å². The van der Waals surface area contributed by atoms with E-state index in [0.717, 1.165) is 32.8 Å². The van der Waals surface area contributed by atoms with Gasteiger partial charge in [0.15, 0.2) is 0 Å². The van der Waals surface area contributed by atoms with Crippen molar-refractivity contribution in [2.24, 2.45) is 14.1 Å². The Bertz CT molecular complexity index is 1530. The van der Waals surface area contributed by atoms with Crippen LogP contribution in [0.5, 0.6) is 5.75 Å². The molecule has 1 aliphatic heterocycles. The standard InChI is InChI=1S/C26H26ClN3O4/c1-26(2)14-34-23(16-8-12-18(33-5)13-9-16)22-21-19(24(31)29(4)25(32)28(21)3)20(30(22)26)15-6-10-17(27)11-7-15/h6-13,23H,14H2,1-5H3/t23-/m0/s1. The molecule has 3 heterocycles. The molecule has 4 aromatic rings. The first-order valence-electron chi connectivity index (χ1n) is 11.0. The minimum atomic E-state index is -0.479. The van der Waals surface area contributed by atoms with E-state index in [-0.39, 0.29) is 11.2 Å². The van der Waals surface area contributed by atoms with Crippen molar-refractivity contribution in [1.82, 2.24) is 13.7 Å². The van der Waals surface area contributed by atoms with Gasteiger partial charge in [-0.1, -0.05) is 35.9 Å². The zero-order valence-corrected chi connectivity index (χ0v) is 20.5. The Kier molecular flexibility index (Phi) is 5.22. The summed E-state index contributed by atoms with van der Waals surface area (Å²) in [6, 6.07) is 15.1. The van der Waals surface area contributed by atoms with E-state index in [1.54, 1.807) is 18.7 Å². The lowest BCUT2D eigenvalue weighted by Crippen LogP contribution is -2.40. The van der Waals surface area contributed by atoms with E-state index in [1.165, 1.54) is 7.05 Å². The third-order valence-corrected chi connectivity index (χ3v) is 6.85. The Labute approximate surface area is 201 Å². The highest BCUT2D eigenvalue weighted by atomic mass is 35.5. The minimum absolute atomic E-state index is 0.339. The molecule has 0 bridgehead atoms. The number of ether oxygens (including phenoxy) is 2. The molecule has 0 unspecified atom stereocenters. The van der Waals surface area contributed by atoms with Crippen molar-refractivity contribution in [2.45, 2.75) is 25.5 Å². The lowest BCUT2D eigenvalue weighted by molar-refractivity contribution is -0.00708. The van der Waals surface area contributed by atoms with Gasteiger partial charge in [0.25, 0.3) is 5.56 Å². The Hall–Kier alpha value is -3.29. The van der Waals surface area contributed by atoms with Gasteiger partial charge in [-0.2, -0.15) is 0 Å². The number of aromatic nitrogens is 3. The number of hydrogen-bond acceptors (Lipinski definition) is 4. The summed E-state index contributed by atoms with van der Waals surface area (Å²) in [6.07, 6.45) is -0.472. The van der Waals surface area contributed by atoms with Crippen LogP contribution in [0, 0.1) is 0 Å². The zero-order chi connectivity index (χ0) is 24.4. The molecule has 1 aliphatic rings. The Balaban J connectivity index is 1.96. The monoisotopic (exact) mass is 479 g/mol. The number of hydrogen-bond donors (Lipinski definition) is 0. The molecule has 0 radical (unpaired) electrons. The summed E-state index contributed by atoms with van der Waals surface area (Å²) < 4.78 is 16.6. The van der Waals surface area contributed by atoms with E-state index in [1.807, 2.05) is 48.5 Å². The van der Waals surface area contributed by atoms with Crippen LogP contribution in [0.1, 0.15) is 31.2 Å². The largest absolute Gasteiger partial charge is 0.497 e. The molecular weight excluding hydrogens is 454 g/mol. The first-order chi connectivity index (χ1) is 16.2. The molecule has 7 nitrogen and oxygen atoms in total. The smallest absolute Gasteiger partial charge is 0.331 e. The lowest BCUT2D eigenvalue weighted by atomic mass is 9.98. The van der Waals surface area contributed by atoms with Gasteiger partial charge in [0.05, 0.1) is 41.5 Å². The van der Waals surface area contributed by atoms with Gasteiger partial charge in [-0.15, -0.1) is 0 Å². The highest BCUT2D eigenvalue weighted by Crippen LogP contribution is 2.45. The Morgan fingerprint density at radius 2 is 1.65 bits per heavy atom. The molecule has 0 N–H and O–H groups in total. The average molecular weight is 480 g/mol. The van der Waals surface area contributed by atoms with Crippen LogP contribution in [0.15, 0.2) is 58.1 Å². The second-order valence-corrected chi connectivity index (χ2v) is 9.72. The van der Waals surface area contributed by atoms with Crippen LogP contribution in [0.3, 0.4) is 0 Å². The first kappa shape index (κ1) is 22.5. The zero-order valence-electron chi connectivity index (χ0n) is 19.8. The number of rotatable bonds is 3. The minimum Gasteiger partial charge on any atom is -0.497 e. The maximum absolute atomic E-state index is 13.6. The van der Waals surface area contributed by atoms with Gasteiger partial charge >= 0.3 is 5.69 Å². The predicted molar refractivity (Wildman–Crippen MR) is 133 cm³/mol. The first-order valence-corrected chi connectivity index (χ1v) is 11.4. The van der Waals surface area contributed by atoms with Crippen LogP contribution in [0.2, 0.25) is 5.02 Å². The molecule has 8 heteroatoms. The van der Waals surface area contributed by atoms with Gasteiger partial charge in [-0.3, -0.25) is 13.9 Å². The van der Waals surface area contributed by atoms with E-state index in [9.17, 15) is 9.59 Å². The molecule has 0 saturated carbocycles. The van der Waals surface area contributed by atoms with Crippen molar-refractivity contribution >= 4 is 22.5 Å². The molecular formula is C26H26ClN3O4. The maximum Gasteiger partial charge on any atom is 0.331 e. The highest BCUT2D eigenvalue weighted by molar-refractivity contribution is 6.30. The molecule has 0 fully saturated rings. The number of methoxy groups -OCH3 is 1. The van der Waals surface area contributed by atoms with Gasteiger partial charge in [0.1, 0.15) is 11.9 Å². The molecule has 0 aliphatic carbocycles. The lowest BCUT2D eigenvalue weighted by Gasteiger charge is -2.39. The summed E-state index contributed by atoms with van der Waals surface area (Å²) in [5.41, 5.74) is 2.66. The molecule has 5 rings (SSSR count). The fourth-order valence-corrected chi connectivity index (χ4v) is 5.04. The van der Waals surface area contributed by atoms with Crippen molar-refractivity contribution in [3.63, 3.8) is 0 Å². The van der Waals surface area contributed by atoms with Gasteiger partial charge in [0.2, 0.25) is 0 Å². The molecule has 2 aromatic heterocycles. The fraction of sp³-hybridized carbons (Fsp3) is 0.308. The van der Waals surface area contributed by atoms with Gasteiger partial charge < -0.3 is 14.0 Å². The van der Waals surface area contributed by atoms with Crippen molar-refractivity contribution in [3.8, 4) is 17.0 Å². The van der Waals surface area contributed by atoms with E-state index in [0.29, 0.717) is 22.5 Å².